The van der Waals surface area contributed by atoms with E-state index < -0.39 is 10.0 Å². The number of carbonyl (C=O) groups excluding carboxylic acids is 2. The number of sulfonamides is 1. The first-order chi connectivity index (χ1) is 12.8. The lowest BCUT2D eigenvalue weighted by Gasteiger charge is -2.34. The quantitative estimate of drug-likeness (QED) is 0.776. The van der Waals surface area contributed by atoms with Crippen molar-refractivity contribution in [2.75, 3.05) is 45.0 Å². The van der Waals surface area contributed by atoms with Gasteiger partial charge < -0.3 is 14.9 Å². The molecule has 2 heterocycles. The summed E-state index contributed by atoms with van der Waals surface area (Å²) in [7, 11) is -3.81. The van der Waals surface area contributed by atoms with Crippen LogP contribution in [-0.4, -0.2) is 83.8 Å². The predicted molar refractivity (Wildman–Crippen MR) is 102 cm³/mol. The summed E-state index contributed by atoms with van der Waals surface area (Å²) < 4.78 is 26.9. The van der Waals surface area contributed by atoms with Gasteiger partial charge in [-0.1, -0.05) is 17.8 Å². The maximum atomic E-state index is 12.8. The van der Waals surface area contributed by atoms with Crippen molar-refractivity contribution in [3.05, 3.63) is 23.8 Å². The second-order valence-electron chi connectivity index (χ2n) is 6.61. The van der Waals surface area contributed by atoms with E-state index in [1.54, 1.807) is 22.8 Å². The Kier molecular flexibility index (Phi) is 5.97. The van der Waals surface area contributed by atoms with E-state index in [1.165, 1.54) is 28.2 Å². The van der Waals surface area contributed by atoms with Crippen LogP contribution in [0.1, 0.15) is 12.0 Å². The first kappa shape index (κ1) is 20.0. The molecule has 2 aliphatic rings. The molecule has 27 heavy (non-hydrogen) atoms. The molecule has 2 saturated heterocycles. The molecule has 148 valence electrons. The predicted octanol–water partition coefficient (Wildman–Crippen LogP) is 1.09. The largest absolute Gasteiger partial charge is 0.507 e. The van der Waals surface area contributed by atoms with Crippen LogP contribution < -0.4 is 0 Å². The molecule has 3 rings (SSSR count). The molecule has 0 radical (unpaired) electrons. The molecular weight excluding hydrogens is 390 g/mol. The molecule has 0 aromatic heterocycles. The summed E-state index contributed by atoms with van der Waals surface area (Å²) in [6.45, 7) is 3.79. The van der Waals surface area contributed by atoms with Gasteiger partial charge in [0.05, 0.1) is 0 Å². The van der Waals surface area contributed by atoms with Crippen LogP contribution in [0.3, 0.4) is 0 Å². The van der Waals surface area contributed by atoms with E-state index in [0.29, 0.717) is 26.2 Å². The van der Waals surface area contributed by atoms with Gasteiger partial charge in [-0.05, 0) is 24.6 Å². The van der Waals surface area contributed by atoms with Crippen molar-refractivity contribution in [2.45, 2.75) is 18.2 Å². The highest BCUT2D eigenvalue weighted by Gasteiger charge is 2.32. The summed E-state index contributed by atoms with van der Waals surface area (Å²) in [6, 6.07) is 4.47. The number of piperazine rings is 1. The average molecular weight is 414 g/mol. The minimum absolute atomic E-state index is 0.0108. The van der Waals surface area contributed by atoms with E-state index in [2.05, 4.69) is 0 Å². The molecule has 0 bridgehead atoms. The lowest BCUT2D eigenvalue weighted by Crippen LogP contribution is -2.50. The summed E-state index contributed by atoms with van der Waals surface area (Å²) >= 11 is 1.26. The maximum absolute atomic E-state index is 12.8. The standard InChI is InChI=1S/C17H23N3O5S2/c1-13-2-3-14(21)15(12-13)27(24,25)20-8-6-18(7-9-20)16(22)4-5-19-10-11-26-17(19)23/h2-3,12,21H,4-11H2,1H3. The zero-order chi connectivity index (χ0) is 19.6. The molecule has 1 aromatic carbocycles. The van der Waals surface area contributed by atoms with Gasteiger partial charge in [-0.15, -0.1) is 0 Å². The lowest BCUT2D eigenvalue weighted by atomic mass is 10.2. The molecule has 2 amide bonds. The van der Waals surface area contributed by atoms with E-state index in [0.717, 1.165) is 11.3 Å². The van der Waals surface area contributed by atoms with E-state index in [4.69, 9.17) is 0 Å². The monoisotopic (exact) mass is 413 g/mol. The summed E-state index contributed by atoms with van der Waals surface area (Å²) in [5.74, 6) is 0.414. The van der Waals surface area contributed by atoms with Crippen LogP contribution in [0.5, 0.6) is 5.75 Å². The van der Waals surface area contributed by atoms with Crippen LogP contribution in [-0.2, 0) is 14.8 Å². The number of aryl methyl sites for hydroxylation is 1. The molecule has 2 aliphatic heterocycles. The third kappa shape index (κ3) is 4.39. The Morgan fingerprint density at radius 2 is 1.89 bits per heavy atom. The number of phenolic OH excluding ortho intramolecular Hbond substituents is 1. The Hall–Kier alpha value is -1.78. The van der Waals surface area contributed by atoms with E-state index in [9.17, 15) is 23.1 Å². The van der Waals surface area contributed by atoms with Crippen molar-refractivity contribution in [1.82, 2.24) is 14.1 Å². The molecule has 0 unspecified atom stereocenters. The Morgan fingerprint density at radius 1 is 1.19 bits per heavy atom. The molecule has 0 saturated carbocycles. The van der Waals surface area contributed by atoms with Gasteiger partial charge in [-0.2, -0.15) is 4.31 Å². The molecule has 8 nitrogen and oxygen atoms in total. The molecule has 10 heteroatoms. The van der Waals surface area contributed by atoms with Gasteiger partial charge in [0, 0.05) is 51.4 Å². The normalized spacial score (nSPS) is 18.9. The number of thioether (sulfide) groups is 1. The van der Waals surface area contributed by atoms with Gasteiger partial charge >= 0.3 is 0 Å². The van der Waals surface area contributed by atoms with Gasteiger partial charge in [0.2, 0.25) is 15.9 Å². The van der Waals surface area contributed by atoms with E-state index in [-0.39, 0.29) is 41.3 Å². The highest BCUT2D eigenvalue weighted by atomic mass is 32.2. The number of phenols is 1. The molecule has 0 aliphatic carbocycles. The van der Waals surface area contributed by atoms with Crippen LogP contribution >= 0.6 is 11.8 Å². The topological polar surface area (TPSA) is 98.2 Å². The molecule has 0 spiro atoms. The van der Waals surface area contributed by atoms with Gasteiger partial charge in [0.15, 0.2) is 0 Å². The minimum atomic E-state index is -3.81. The molecule has 2 fully saturated rings. The van der Waals surface area contributed by atoms with Crippen molar-refractivity contribution >= 4 is 32.9 Å². The number of hydrogen-bond acceptors (Lipinski definition) is 6. The van der Waals surface area contributed by atoms with Crippen molar-refractivity contribution in [2.24, 2.45) is 0 Å². The van der Waals surface area contributed by atoms with Crippen molar-refractivity contribution in [3.8, 4) is 5.75 Å². The van der Waals surface area contributed by atoms with Gasteiger partial charge in [0.1, 0.15) is 10.6 Å². The van der Waals surface area contributed by atoms with Gasteiger partial charge in [-0.25, -0.2) is 8.42 Å². The summed E-state index contributed by atoms with van der Waals surface area (Å²) in [4.78, 5) is 27.1. The fourth-order valence-electron chi connectivity index (χ4n) is 3.16. The minimum Gasteiger partial charge on any atom is -0.507 e. The van der Waals surface area contributed by atoms with Crippen molar-refractivity contribution in [3.63, 3.8) is 0 Å². The summed E-state index contributed by atoms with van der Waals surface area (Å²) in [5, 5.41) is 9.94. The maximum Gasteiger partial charge on any atom is 0.281 e. The van der Waals surface area contributed by atoms with E-state index >= 15 is 0 Å². The second kappa shape index (κ2) is 8.07. The SMILES string of the molecule is Cc1ccc(O)c(S(=O)(=O)N2CCN(C(=O)CCN3CCSC3=O)CC2)c1. The van der Waals surface area contributed by atoms with Crippen LogP contribution in [0, 0.1) is 6.92 Å². The van der Waals surface area contributed by atoms with Crippen LogP contribution in [0.25, 0.3) is 0 Å². The third-order valence-electron chi connectivity index (χ3n) is 4.77. The number of rotatable bonds is 5. The Balaban J connectivity index is 1.57. The Bertz CT molecular complexity index is 835. The first-order valence-corrected chi connectivity index (χ1v) is 11.2. The number of benzene rings is 1. The van der Waals surface area contributed by atoms with Gasteiger partial charge in [-0.3, -0.25) is 9.59 Å². The number of carbonyl (C=O) groups is 2. The Morgan fingerprint density at radius 3 is 2.52 bits per heavy atom. The van der Waals surface area contributed by atoms with E-state index in [1.807, 2.05) is 0 Å². The highest BCUT2D eigenvalue weighted by Crippen LogP contribution is 2.27. The second-order valence-corrected chi connectivity index (χ2v) is 9.56. The Labute approximate surface area is 163 Å². The third-order valence-corrected chi connectivity index (χ3v) is 7.58. The van der Waals surface area contributed by atoms with Crippen molar-refractivity contribution < 1.29 is 23.1 Å². The molecule has 1 aromatic rings. The smallest absolute Gasteiger partial charge is 0.281 e. The number of nitrogens with zero attached hydrogens (tertiary/aromatic N) is 3. The number of amides is 2. The zero-order valence-electron chi connectivity index (χ0n) is 15.1. The van der Waals surface area contributed by atoms with Crippen LogP contribution in [0.2, 0.25) is 0 Å². The van der Waals surface area contributed by atoms with Crippen LogP contribution in [0.15, 0.2) is 23.1 Å². The fraction of sp³-hybridized carbons (Fsp3) is 0.529. The molecule has 1 N–H and O–H groups in total. The average Bonchev–Trinajstić information content (AvgIpc) is 3.06. The zero-order valence-corrected chi connectivity index (χ0v) is 16.8. The lowest BCUT2D eigenvalue weighted by molar-refractivity contribution is -0.132. The summed E-state index contributed by atoms with van der Waals surface area (Å²) in [6.07, 6.45) is 0.248. The number of hydrogen-bond donors (Lipinski definition) is 1. The fourth-order valence-corrected chi connectivity index (χ4v) is 5.60. The van der Waals surface area contributed by atoms with Gasteiger partial charge in [0.25, 0.3) is 5.24 Å². The first-order valence-electron chi connectivity index (χ1n) is 8.78. The molecular formula is C17H23N3O5S2. The molecule has 0 atom stereocenters. The van der Waals surface area contributed by atoms with Crippen LogP contribution in [0.4, 0.5) is 4.79 Å². The highest BCUT2D eigenvalue weighted by molar-refractivity contribution is 8.13. The summed E-state index contributed by atoms with van der Waals surface area (Å²) in [5.41, 5.74) is 0.745. The van der Waals surface area contributed by atoms with Crippen molar-refractivity contribution in [1.29, 1.82) is 0 Å². The number of aromatic hydroxyl groups is 1.